The number of hydrogen-bond donors (Lipinski definition) is 1. The van der Waals surface area contributed by atoms with Gasteiger partial charge in [0.25, 0.3) is 5.91 Å². The van der Waals surface area contributed by atoms with Gasteiger partial charge in [-0.05, 0) is 36.4 Å². The van der Waals surface area contributed by atoms with Crippen molar-refractivity contribution in [1.82, 2.24) is 19.7 Å². The highest BCUT2D eigenvalue weighted by atomic mass is 35.5. The van der Waals surface area contributed by atoms with Gasteiger partial charge in [0.05, 0.1) is 27.9 Å². The lowest BCUT2D eigenvalue weighted by Crippen LogP contribution is -2.12. The third-order valence-corrected chi connectivity index (χ3v) is 4.99. The van der Waals surface area contributed by atoms with Gasteiger partial charge in [-0.25, -0.2) is 4.98 Å². The van der Waals surface area contributed by atoms with Crippen LogP contribution in [0.4, 0.5) is 5.13 Å². The van der Waals surface area contributed by atoms with Crippen LogP contribution in [-0.4, -0.2) is 32.8 Å². The molecule has 0 spiro atoms. The Morgan fingerprint density at radius 1 is 1.19 bits per heavy atom. The van der Waals surface area contributed by atoms with Gasteiger partial charge in [-0.15, -0.1) is 10.2 Å². The number of halogens is 1. The van der Waals surface area contributed by atoms with Crippen LogP contribution in [0.2, 0.25) is 5.02 Å². The molecule has 2 aromatic heterocycles. The number of carbonyl (C=O) groups excluding carboxylic acids is 1. The van der Waals surface area contributed by atoms with E-state index in [1.165, 1.54) is 11.3 Å². The summed E-state index contributed by atoms with van der Waals surface area (Å²) in [6.45, 7) is 0. The predicted octanol–water partition coefficient (Wildman–Crippen LogP) is 3.79. The Labute approximate surface area is 157 Å². The molecule has 2 heterocycles. The molecule has 0 radical (unpaired) electrons. The second kappa shape index (κ2) is 6.74. The van der Waals surface area contributed by atoms with Crippen LogP contribution in [0.1, 0.15) is 10.4 Å². The van der Waals surface area contributed by atoms with Crippen molar-refractivity contribution in [3.05, 3.63) is 59.6 Å². The highest BCUT2D eigenvalue weighted by Crippen LogP contribution is 2.30. The quantitative estimate of drug-likeness (QED) is 0.578. The molecular formula is C17H12ClN5O2S. The van der Waals surface area contributed by atoms with Gasteiger partial charge in [0.1, 0.15) is 18.4 Å². The summed E-state index contributed by atoms with van der Waals surface area (Å²) in [5, 5.41) is 11.2. The Hall–Kier alpha value is -2.97. The van der Waals surface area contributed by atoms with E-state index in [2.05, 4.69) is 20.5 Å². The largest absolute Gasteiger partial charge is 0.497 e. The van der Waals surface area contributed by atoms with Crippen LogP contribution in [0.5, 0.6) is 5.75 Å². The van der Waals surface area contributed by atoms with Gasteiger partial charge in [-0.1, -0.05) is 22.9 Å². The van der Waals surface area contributed by atoms with Crippen LogP contribution in [0.15, 0.2) is 49.1 Å². The van der Waals surface area contributed by atoms with E-state index in [1.807, 2.05) is 18.2 Å². The van der Waals surface area contributed by atoms with E-state index in [-0.39, 0.29) is 5.91 Å². The minimum atomic E-state index is -0.337. The molecule has 9 heteroatoms. The van der Waals surface area contributed by atoms with E-state index in [4.69, 9.17) is 16.3 Å². The number of nitrogens with one attached hydrogen (secondary N) is 1. The van der Waals surface area contributed by atoms with E-state index < -0.39 is 0 Å². The molecule has 0 aliphatic rings. The topological polar surface area (TPSA) is 81.9 Å². The van der Waals surface area contributed by atoms with Gasteiger partial charge in [-0.2, -0.15) is 0 Å². The van der Waals surface area contributed by atoms with Crippen molar-refractivity contribution in [2.75, 3.05) is 12.4 Å². The molecular weight excluding hydrogens is 374 g/mol. The summed E-state index contributed by atoms with van der Waals surface area (Å²) in [6.07, 6.45) is 3.09. The maximum atomic E-state index is 12.7. The first-order valence-corrected chi connectivity index (χ1v) is 8.74. The average molecular weight is 386 g/mol. The molecule has 2 aromatic carbocycles. The van der Waals surface area contributed by atoms with Crippen LogP contribution in [-0.2, 0) is 0 Å². The fourth-order valence-electron chi connectivity index (χ4n) is 2.43. The Kier molecular flexibility index (Phi) is 4.27. The molecule has 0 bridgehead atoms. The van der Waals surface area contributed by atoms with Crippen molar-refractivity contribution in [3.63, 3.8) is 0 Å². The first kappa shape index (κ1) is 16.5. The molecule has 4 aromatic rings. The van der Waals surface area contributed by atoms with Crippen molar-refractivity contribution < 1.29 is 9.53 Å². The summed E-state index contributed by atoms with van der Waals surface area (Å²) in [4.78, 5) is 17.1. The number of nitrogens with zero attached hydrogens (tertiary/aromatic N) is 4. The van der Waals surface area contributed by atoms with E-state index in [0.717, 1.165) is 21.7 Å². The Bertz CT molecular complexity index is 1090. The number of fused-ring (bicyclic) bond motifs is 1. The Balaban J connectivity index is 1.63. The van der Waals surface area contributed by atoms with E-state index >= 15 is 0 Å². The number of amides is 1. The number of thiazole rings is 1. The molecule has 130 valence electrons. The first-order chi connectivity index (χ1) is 12.6. The molecule has 0 unspecified atom stereocenters. The minimum Gasteiger partial charge on any atom is -0.497 e. The molecule has 0 aliphatic carbocycles. The summed E-state index contributed by atoms with van der Waals surface area (Å²) in [5.74, 6) is 0.402. The molecule has 26 heavy (non-hydrogen) atoms. The number of anilines is 1. The van der Waals surface area contributed by atoms with Crippen molar-refractivity contribution >= 4 is 44.2 Å². The molecule has 4 rings (SSSR count). The van der Waals surface area contributed by atoms with Crippen LogP contribution in [0, 0.1) is 0 Å². The highest BCUT2D eigenvalue weighted by Gasteiger charge is 2.15. The number of rotatable bonds is 4. The number of benzene rings is 2. The van der Waals surface area contributed by atoms with Crippen LogP contribution >= 0.6 is 22.9 Å². The number of methoxy groups -OCH3 is 1. The zero-order valence-corrected chi connectivity index (χ0v) is 15.1. The molecule has 1 amide bonds. The fourth-order valence-corrected chi connectivity index (χ4v) is 3.52. The first-order valence-electron chi connectivity index (χ1n) is 7.54. The highest BCUT2D eigenvalue weighted by molar-refractivity contribution is 7.22. The van der Waals surface area contributed by atoms with Crippen LogP contribution in [0.3, 0.4) is 0 Å². The minimum absolute atomic E-state index is 0.337. The van der Waals surface area contributed by atoms with Crippen molar-refractivity contribution in [2.45, 2.75) is 0 Å². The molecule has 0 aliphatic heterocycles. The molecule has 0 saturated heterocycles. The lowest BCUT2D eigenvalue weighted by molar-refractivity contribution is 0.102. The lowest BCUT2D eigenvalue weighted by atomic mass is 10.2. The molecule has 0 fully saturated rings. The monoisotopic (exact) mass is 385 g/mol. The summed E-state index contributed by atoms with van der Waals surface area (Å²) < 4.78 is 7.82. The van der Waals surface area contributed by atoms with Crippen molar-refractivity contribution in [3.8, 4) is 11.4 Å². The maximum Gasteiger partial charge on any atom is 0.259 e. The SMILES string of the molecule is COc1ccc2nc(NC(=O)c3cc(-n4cnnc4)ccc3Cl)sc2c1. The van der Waals surface area contributed by atoms with Gasteiger partial charge in [-0.3, -0.25) is 14.7 Å². The lowest BCUT2D eigenvalue weighted by Gasteiger charge is -2.07. The van der Waals surface area contributed by atoms with Gasteiger partial charge in [0.15, 0.2) is 5.13 Å². The molecule has 7 nitrogen and oxygen atoms in total. The molecule has 0 saturated carbocycles. The zero-order valence-electron chi connectivity index (χ0n) is 13.5. The molecule has 0 atom stereocenters. The normalized spacial score (nSPS) is 10.8. The smallest absolute Gasteiger partial charge is 0.259 e. The van der Waals surface area contributed by atoms with E-state index in [1.54, 1.807) is 42.5 Å². The Morgan fingerprint density at radius 2 is 2.00 bits per heavy atom. The van der Waals surface area contributed by atoms with Gasteiger partial charge < -0.3 is 4.74 Å². The van der Waals surface area contributed by atoms with E-state index in [0.29, 0.717) is 15.7 Å². The summed E-state index contributed by atoms with van der Waals surface area (Å²) >= 11 is 7.57. The third kappa shape index (κ3) is 3.12. The second-order valence-corrected chi connectivity index (χ2v) is 6.78. The Morgan fingerprint density at radius 3 is 2.77 bits per heavy atom. The second-order valence-electron chi connectivity index (χ2n) is 5.34. The van der Waals surface area contributed by atoms with Gasteiger partial charge in [0, 0.05) is 5.69 Å². The third-order valence-electron chi connectivity index (χ3n) is 3.73. The summed E-state index contributed by atoms with van der Waals surface area (Å²) in [5.41, 5.74) is 1.86. The fraction of sp³-hybridized carbons (Fsp3) is 0.0588. The standard InChI is InChI=1S/C17H12ClN5O2S/c1-25-11-3-5-14-15(7-11)26-17(21-14)22-16(24)12-6-10(2-4-13(12)18)23-8-19-20-9-23/h2-9H,1H3,(H,21,22,24). The molecule has 1 N–H and O–H groups in total. The number of aromatic nitrogens is 4. The average Bonchev–Trinajstić information content (AvgIpc) is 3.30. The number of carbonyl (C=O) groups is 1. The van der Waals surface area contributed by atoms with Crippen LogP contribution < -0.4 is 10.1 Å². The summed E-state index contributed by atoms with van der Waals surface area (Å²) in [7, 11) is 1.61. The number of ether oxygens (including phenoxy) is 1. The van der Waals surface area contributed by atoms with Crippen LogP contribution in [0.25, 0.3) is 15.9 Å². The van der Waals surface area contributed by atoms with E-state index in [9.17, 15) is 4.79 Å². The maximum absolute atomic E-state index is 12.7. The summed E-state index contributed by atoms with van der Waals surface area (Å²) in [6, 6.07) is 10.7. The number of hydrogen-bond acceptors (Lipinski definition) is 6. The van der Waals surface area contributed by atoms with Crippen molar-refractivity contribution in [1.29, 1.82) is 0 Å². The van der Waals surface area contributed by atoms with Crippen molar-refractivity contribution in [2.24, 2.45) is 0 Å². The van der Waals surface area contributed by atoms with Gasteiger partial charge in [0.2, 0.25) is 0 Å². The van der Waals surface area contributed by atoms with Gasteiger partial charge >= 0.3 is 0 Å². The zero-order chi connectivity index (χ0) is 18.1. The predicted molar refractivity (Wildman–Crippen MR) is 100 cm³/mol.